The third kappa shape index (κ3) is 17.5. The van der Waals surface area contributed by atoms with E-state index in [1.807, 2.05) is 18.2 Å². The minimum absolute atomic E-state index is 0.124. The van der Waals surface area contributed by atoms with Crippen LogP contribution in [0.5, 0.6) is 0 Å². The Balaban J connectivity index is 0.000000115. The lowest BCUT2D eigenvalue weighted by molar-refractivity contribution is 0.660. The van der Waals surface area contributed by atoms with E-state index in [1.54, 1.807) is 0 Å². The summed E-state index contributed by atoms with van der Waals surface area (Å²) in [5.74, 6) is 0. The Kier molecular flexibility index (Phi) is 23.7. The zero-order chi connectivity index (χ0) is 98.1. The molecular formula is C141H99N3O3. The van der Waals surface area contributed by atoms with Crippen molar-refractivity contribution in [2.45, 2.75) is 19.3 Å². The van der Waals surface area contributed by atoms with E-state index in [9.17, 15) is 0 Å². The fraction of sp³-hybridized carbons (Fsp3) is 0.0213. The van der Waals surface area contributed by atoms with Gasteiger partial charge >= 0.3 is 0 Å². The van der Waals surface area contributed by atoms with Crippen LogP contribution >= 0.6 is 0 Å². The van der Waals surface area contributed by atoms with Gasteiger partial charge in [-0.15, -0.1) is 0 Å². The van der Waals surface area contributed by atoms with E-state index < -0.39 is 0 Å². The molecule has 0 atom stereocenters. The fourth-order valence-corrected chi connectivity index (χ4v) is 21.4. The third-order valence-corrected chi connectivity index (χ3v) is 28.8. The van der Waals surface area contributed by atoms with Crippen molar-refractivity contribution in [3.05, 3.63) is 575 Å². The zero-order valence-electron chi connectivity index (χ0n) is 81.3. The number of anilines is 9. The minimum Gasteiger partial charge on any atom is -0.455 e. The van der Waals surface area contributed by atoms with Gasteiger partial charge in [0.25, 0.3) is 0 Å². The van der Waals surface area contributed by atoms with Gasteiger partial charge in [-0.25, -0.2) is 0 Å². The van der Waals surface area contributed by atoms with Crippen molar-refractivity contribution >= 4 is 117 Å². The maximum absolute atomic E-state index is 6.67. The molecule has 1 aliphatic carbocycles. The van der Waals surface area contributed by atoms with Gasteiger partial charge in [-0.05, 0) is 244 Å². The first-order valence-corrected chi connectivity index (χ1v) is 50.3. The van der Waals surface area contributed by atoms with Gasteiger partial charge in [0.15, 0.2) is 0 Å². The van der Waals surface area contributed by atoms with Gasteiger partial charge in [0.1, 0.15) is 33.5 Å². The topological polar surface area (TPSA) is 49.1 Å². The lowest BCUT2D eigenvalue weighted by Gasteiger charge is -2.29. The molecule has 147 heavy (non-hydrogen) atoms. The van der Waals surface area contributed by atoms with Crippen LogP contribution < -0.4 is 14.7 Å². The second-order valence-corrected chi connectivity index (χ2v) is 38.1. The summed E-state index contributed by atoms with van der Waals surface area (Å²) in [6.45, 7) is 4.70. The van der Waals surface area contributed by atoms with Crippen molar-refractivity contribution in [2.24, 2.45) is 0 Å². The van der Waals surface area contributed by atoms with Crippen LogP contribution in [0.1, 0.15) is 25.0 Å². The lowest BCUT2D eigenvalue weighted by atomic mass is 9.82. The lowest BCUT2D eigenvalue weighted by Crippen LogP contribution is -2.16. The van der Waals surface area contributed by atoms with Gasteiger partial charge in [0.05, 0.1) is 0 Å². The highest BCUT2D eigenvalue weighted by Crippen LogP contribution is 2.54. The van der Waals surface area contributed by atoms with Gasteiger partial charge in [-0.1, -0.05) is 451 Å². The third-order valence-electron chi connectivity index (χ3n) is 28.8. The van der Waals surface area contributed by atoms with Gasteiger partial charge in [-0.2, -0.15) is 0 Å². The molecule has 0 spiro atoms. The molecule has 3 aromatic heterocycles. The van der Waals surface area contributed by atoms with Crippen LogP contribution in [0.4, 0.5) is 51.2 Å². The van der Waals surface area contributed by atoms with Crippen molar-refractivity contribution in [3.63, 3.8) is 0 Å². The van der Waals surface area contributed by atoms with Crippen LogP contribution in [-0.2, 0) is 5.41 Å². The summed E-state index contributed by atoms with van der Waals surface area (Å²) < 4.78 is 19.8. The molecule has 26 aromatic rings. The van der Waals surface area contributed by atoms with E-state index >= 15 is 0 Å². The standard InChI is InChI=1S/C51H37NO.C48H33NO.C42H29NO/c1-51(2)47-19-11-9-17-42(47)43-30-29-40(33-48(43)51)52(39-27-25-37(26-28-39)35-15-7-4-8-16-35)41-31-45(50-46(32-41)44-18-10-12-20-49(44)53-50)38-23-21-36(22-24-38)34-13-5-3-6-14-34;1-4-12-34(13-5-1)37-20-22-40(23-21-37)45-32-43(33-46-44-18-10-11-19-47(44)50-48(45)46)49(41-28-24-38(25-29-41)35-14-6-2-7-15-35)42-30-26-39(27-31-42)36-16-8-3-9-17-36;1-4-12-30(13-5-1)32-20-22-34(23-21-32)39-28-37(29-40-38-18-10-11-19-41(38)44-42(39)40)43(35-16-8-3-9-17-35)36-26-24-33(25-27-36)31-14-6-2-7-15-31/h3-33H,1-2H3;1-33H;1-29H. The molecule has 1 aliphatic rings. The first-order chi connectivity index (χ1) is 72.6. The Morgan fingerprint density at radius 1 is 0.136 bits per heavy atom. The molecule has 0 N–H and O–H groups in total. The summed E-state index contributed by atoms with van der Waals surface area (Å²) in [5, 5.41) is 6.61. The molecule has 0 saturated heterocycles. The van der Waals surface area contributed by atoms with Gasteiger partial charge in [0, 0.05) is 106 Å². The van der Waals surface area contributed by atoms with E-state index in [1.165, 1.54) is 100 Å². The van der Waals surface area contributed by atoms with Crippen molar-refractivity contribution in [1.29, 1.82) is 0 Å². The minimum atomic E-state index is -0.124. The molecule has 696 valence electrons. The van der Waals surface area contributed by atoms with Gasteiger partial charge in [-0.3, -0.25) is 0 Å². The molecule has 27 rings (SSSR count). The maximum Gasteiger partial charge on any atom is 0.143 e. The summed E-state index contributed by atoms with van der Waals surface area (Å²) in [6.07, 6.45) is 0. The highest BCUT2D eigenvalue weighted by molar-refractivity contribution is 6.15. The summed E-state index contributed by atoms with van der Waals surface area (Å²) >= 11 is 0. The molecule has 0 unspecified atom stereocenters. The van der Waals surface area contributed by atoms with Crippen LogP contribution in [0.2, 0.25) is 0 Å². The first kappa shape index (κ1) is 89.2. The average molecular weight is 1880 g/mol. The van der Waals surface area contributed by atoms with E-state index in [-0.39, 0.29) is 5.41 Å². The number of furan rings is 3. The fourth-order valence-electron chi connectivity index (χ4n) is 21.4. The van der Waals surface area contributed by atoms with Crippen molar-refractivity contribution in [1.82, 2.24) is 0 Å². The maximum atomic E-state index is 6.67. The van der Waals surface area contributed by atoms with E-state index in [0.717, 1.165) is 150 Å². The molecule has 0 fully saturated rings. The quantitative estimate of drug-likeness (QED) is 0.0804. The van der Waals surface area contributed by atoms with Gasteiger partial charge < -0.3 is 28.0 Å². The summed E-state index contributed by atoms with van der Waals surface area (Å²) in [5.41, 5.74) is 43.6. The SMILES string of the molecule is CC1(C)c2ccccc2-c2ccc(N(c3ccc(-c4ccccc4)cc3)c3cc(-c4ccc(-c5ccccc5)cc4)c4oc5ccccc5c4c3)cc21.c1ccc(-c2ccc(-c3cc(N(c4ccc(-c5ccccc5)cc4)c4ccc(-c5ccccc5)cc4)cc4c3oc3ccccc34)cc2)cc1.c1ccc(-c2ccc(-c3cc(N(c4ccccc4)c4ccc(-c5ccccc5)cc4)cc4c3oc3ccccc34)cc2)cc1. The molecule has 6 nitrogen and oxygen atoms in total. The zero-order valence-corrected chi connectivity index (χ0v) is 81.3. The monoisotopic (exact) mass is 1880 g/mol. The molecular weight excluding hydrogens is 1780 g/mol. The summed E-state index contributed by atoms with van der Waals surface area (Å²) in [6, 6.07) is 201. The predicted molar refractivity (Wildman–Crippen MR) is 617 cm³/mol. The van der Waals surface area contributed by atoms with Crippen LogP contribution in [0.15, 0.2) is 577 Å². The highest BCUT2D eigenvalue weighted by Gasteiger charge is 2.37. The normalized spacial score (nSPS) is 11.8. The molecule has 0 radical (unpaired) electrons. The Hall–Kier alpha value is -19.1. The highest BCUT2D eigenvalue weighted by atomic mass is 16.3. The van der Waals surface area contributed by atoms with E-state index in [0.29, 0.717) is 0 Å². The van der Waals surface area contributed by atoms with Crippen LogP contribution in [0.25, 0.3) is 188 Å². The Labute approximate surface area is 855 Å². The second-order valence-electron chi connectivity index (χ2n) is 38.1. The van der Waals surface area contributed by atoms with Crippen LogP contribution in [0.3, 0.4) is 0 Å². The molecule has 3 heterocycles. The van der Waals surface area contributed by atoms with Crippen molar-refractivity contribution in [3.8, 4) is 122 Å². The second kappa shape index (κ2) is 39.0. The number of fused-ring (bicyclic) bond motifs is 12. The number of nitrogens with zero attached hydrogens (tertiary/aromatic N) is 3. The Morgan fingerprint density at radius 3 is 0.626 bits per heavy atom. The Bertz CT molecular complexity index is 9120. The van der Waals surface area contributed by atoms with Crippen LogP contribution in [-0.4, -0.2) is 0 Å². The van der Waals surface area contributed by atoms with Crippen molar-refractivity contribution in [2.75, 3.05) is 14.7 Å². The molecule has 23 aromatic carbocycles. The molecule has 0 bridgehead atoms. The summed E-state index contributed by atoms with van der Waals surface area (Å²) in [7, 11) is 0. The van der Waals surface area contributed by atoms with Gasteiger partial charge in [0.2, 0.25) is 0 Å². The number of hydrogen-bond acceptors (Lipinski definition) is 6. The number of benzene rings is 23. The van der Waals surface area contributed by atoms with E-state index in [4.69, 9.17) is 13.3 Å². The molecule has 0 aliphatic heterocycles. The largest absolute Gasteiger partial charge is 0.455 e. The Morgan fingerprint density at radius 2 is 0.340 bits per heavy atom. The molecule has 0 amide bonds. The smallest absolute Gasteiger partial charge is 0.143 e. The molecule has 6 heteroatoms. The van der Waals surface area contributed by atoms with Crippen LogP contribution in [0, 0.1) is 0 Å². The predicted octanol–water partition coefficient (Wildman–Crippen LogP) is 40.1. The van der Waals surface area contributed by atoms with E-state index in [2.05, 4.69) is 575 Å². The first-order valence-electron chi connectivity index (χ1n) is 50.3. The molecule has 0 saturated carbocycles. The summed E-state index contributed by atoms with van der Waals surface area (Å²) in [4.78, 5) is 7.10. The number of para-hydroxylation sites is 4. The van der Waals surface area contributed by atoms with Crippen molar-refractivity contribution < 1.29 is 13.3 Å². The number of hydrogen-bond donors (Lipinski definition) is 0. The number of rotatable bonds is 19. The average Bonchev–Trinajstić information content (AvgIpc) is 1.63.